The van der Waals surface area contributed by atoms with Gasteiger partial charge in [0.05, 0.1) is 5.69 Å². The number of benzene rings is 1. The number of hydrogen-bond donors (Lipinski definition) is 3. The lowest BCUT2D eigenvalue weighted by atomic mass is 10.1. The molecule has 2 aromatic rings. The van der Waals surface area contributed by atoms with Gasteiger partial charge in [-0.15, -0.1) is 24.0 Å². The third-order valence-corrected chi connectivity index (χ3v) is 4.52. The highest BCUT2D eigenvalue weighted by atomic mass is 127. The second kappa shape index (κ2) is 13.4. The molecule has 3 N–H and O–H groups in total. The van der Waals surface area contributed by atoms with Crippen LogP contribution in [-0.4, -0.2) is 30.6 Å². The van der Waals surface area contributed by atoms with E-state index in [0.717, 1.165) is 35.5 Å². The fourth-order valence-corrected chi connectivity index (χ4v) is 2.87. The maximum Gasteiger partial charge on any atom is 0.224 e. The molecule has 7 nitrogen and oxygen atoms in total. The summed E-state index contributed by atoms with van der Waals surface area (Å²) < 4.78 is 5.38. The number of amides is 1. The van der Waals surface area contributed by atoms with Crippen molar-refractivity contribution in [2.75, 3.05) is 18.9 Å². The quantitative estimate of drug-likeness (QED) is 0.195. The summed E-state index contributed by atoms with van der Waals surface area (Å²) in [5, 5.41) is 14.1. The number of aromatic nitrogens is 1. The molecule has 0 atom stereocenters. The zero-order valence-electron chi connectivity index (χ0n) is 17.0. The second-order valence-electron chi connectivity index (χ2n) is 6.25. The molecule has 1 aromatic heterocycles. The average Bonchev–Trinajstić information content (AvgIpc) is 3.11. The van der Waals surface area contributed by atoms with E-state index in [0.29, 0.717) is 36.9 Å². The van der Waals surface area contributed by atoms with Crippen LogP contribution in [0.15, 0.2) is 33.8 Å². The summed E-state index contributed by atoms with van der Waals surface area (Å²) in [7, 11) is 1.72. The van der Waals surface area contributed by atoms with Crippen LogP contribution in [0, 0.1) is 0 Å². The molecule has 0 saturated heterocycles. The number of carbonyl (C=O) groups excluding carboxylic acids is 1. The van der Waals surface area contributed by atoms with Crippen LogP contribution in [0.25, 0.3) is 0 Å². The SMILES string of the molecule is CCc1noc(CC)c1CNC(=NC)NCCCC(=O)Nc1ccc(Cl)cc1.I. The molecule has 1 amide bonds. The Labute approximate surface area is 194 Å². The molecule has 160 valence electrons. The maximum atomic E-state index is 12.0. The number of anilines is 1. The molecule has 0 fully saturated rings. The lowest BCUT2D eigenvalue weighted by molar-refractivity contribution is -0.116. The highest BCUT2D eigenvalue weighted by Gasteiger charge is 2.13. The molecule has 0 bridgehead atoms. The number of carbonyl (C=O) groups is 1. The summed E-state index contributed by atoms with van der Waals surface area (Å²) in [6.45, 7) is 5.35. The number of guanidine groups is 1. The Hall–Kier alpha value is -1.81. The van der Waals surface area contributed by atoms with Crippen molar-refractivity contribution in [2.24, 2.45) is 4.99 Å². The number of aliphatic imine (C=N–C) groups is 1. The normalized spacial score (nSPS) is 11.0. The topological polar surface area (TPSA) is 91.6 Å². The average molecular weight is 534 g/mol. The molecule has 1 aromatic carbocycles. The van der Waals surface area contributed by atoms with E-state index in [9.17, 15) is 4.79 Å². The van der Waals surface area contributed by atoms with E-state index in [1.54, 1.807) is 31.3 Å². The highest BCUT2D eigenvalue weighted by Crippen LogP contribution is 2.15. The van der Waals surface area contributed by atoms with Gasteiger partial charge in [-0.1, -0.05) is 30.6 Å². The minimum absolute atomic E-state index is 0. The molecular weight excluding hydrogens is 505 g/mol. The van der Waals surface area contributed by atoms with Gasteiger partial charge in [0.1, 0.15) is 5.76 Å². The first-order chi connectivity index (χ1) is 13.6. The number of nitrogens with one attached hydrogen (secondary N) is 3. The number of rotatable bonds is 9. The Balaban J connectivity index is 0.00000420. The predicted molar refractivity (Wildman–Crippen MR) is 128 cm³/mol. The molecule has 0 aliphatic rings. The van der Waals surface area contributed by atoms with Crippen molar-refractivity contribution in [3.63, 3.8) is 0 Å². The first-order valence-corrected chi connectivity index (χ1v) is 9.91. The molecule has 0 aliphatic carbocycles. The Morgan fingerprint density at radius 2 is 1.90 bits per heavy atom. The van der Waals surface area contributed by atoms with Gasteiger partial charge in [0, 0.05) is 49.3 Å². The molecule has 0 aliphatic heterocycles. The van der Waals surface area contributed by atoms with Gasteiger partial charge in [-0.25, -0.2) is 0 Å². The van der Waals surface area contributed by atoms with Crippen LogP contribution in [0.4, 0.5) is 5.69 Å². The van der Waals surface area contributed by atoms with Crippen LogP contribution in [-0.2, 0) is 24.2 Å². The Bertz CT molecular complexity index is 771. The lowest BCUT2D eigenvalue weighted by Gasteiger charge is -2.12. The van der Waals surface area contributed by atoms with Gasteiger partial charge in [-0.2, -0.15) is 0 Å². The Morgan fingerprint density at radius 3 is 2.52 bits per heavy atom. The van der Waals surface area contributed by atoms with Gasteiger partial charge < -0.3 is 20.5 Å². The summed E-state index contributed by atoms with van der Waals surface area (Å²) in [6, 6.07) is 7.06. The number of hydrogen-bond acceptors (Lipinski definition) is 4. The summed E-state index contributed by atoms with van der Waals surface area (Å²) in [5.74, 6) is 1.55. The van der Waals surface area contributed by atoms with Crippen LogP contribution < -0.4 is 16.0 Å². The molecule has 0 spiro atoms. The van der Waals surface area contributed by atoms with Crippen molar-refractivity contribution >= 4 is 53.1 Å². The standard InChI is InChI=1S/C20H28ClN5O2.HI/c1-4-17-16(18(5-2)28-26-17)13-24-20(22-3)23-12-6-7-19(27)25-15-10-8-14(21)9-11-15;/h8-11H,4-7,12-13H2,1-3H3,(H,25,27)(H2,22,23,24);1H. The molecule has 1 heterocycles. The molecule has 2 rings (SSSR count). The largest absolute Gasteiger partial charge is 0.361 e. The maximum absolute atomic E-state index is 12.0. The summed E-state index contributed by atoms with van der Waals surface area (Å²) in [4.78, 5) is 16.2. The van der Waals surface area contributed by atoms with Crippen LogP contribution in [0.5, 0.6) is 0 Å². The van der Waals surface area contributed by atoms with E-state index in [2.05, 4.69) is 33.0 Å². The van der Waals surface area contributed by atoms with Gasteiger partial charge in [0.15, 0.2) is 5.96 Å². The summed E-state index contributed by atoms with van der Waals surface area (Å²) >= 11 is 5.84. The minimum Gasteiger partial charge on any atom is -0.361 e. The fourth-order valence-electron chi connectivity index (χ4n) is 2.74. The monoisotopic (exact) mass is 533 g/mol. The number of aryl methyl sites for hydroxylation is 2. The van der Waals surface area contributed by atoms with Crippen molar-refractivity contribution in [2.45, 2.75) is 46.1 Å². The molecule has 0 unspecified atom stereocenters. The third kappa shape index (κ3) is 8.22. The van der Waals surface area contributed by atoms with Gasteiger partial charge in [-0.3, -0.25) is 9.79 Å². The highest BCUT2D eigenvalue weighted by molar-refractivity contribution is 14.0. The van der Waals surface area contributed by atoms with E-state index >= 15 is 0 Å². The van der Waals surface area contributed by atoms with Crippen LogP contribution in [0.1, 0.15) is 43.7 Å². The van der Waals surface area contributed by atoms with E-state index in [1.165, 1.54) is 0 Å². The van der Waals surface area contributed by atoms with Crippen molar-refractivity contribution in [3.8, 4) is 0 Å². The van der Waals surface area contributed by atoms with E-state index < -0.39 is 0 Å². The van der Waals surface area contributed by atoms with Crippen LogP contribution in [0.2, 0.25) is 5.02 Å². The van der Waals surface area contributed by atoms with Crippen molar-refractivity contribution < 1.29 is 9.32 Å². The van der Waals surface area contributed by atoms with Crippen LogP contribution >= 0.6 is 35.6 Å². The first-order valence-electron chi connectivity index (χ1n) is 9.53. The van der Waals surface area contributed by atoms with Gasteiger partial charge >= 0.3 is 0 Å². The zero-order valence-corrected chi connectivity index (χ0v) is 20.1. The number of halogens is 2. The van der Waals surface area contributed by atoms with Crippen molar-refractivity contribution in [1.82, 2.24) is 15.8 Å². The van der Waals surface area contributed by atoms with E-state index in [1.807, 2.05) is 6.92 Å². The summed E-state index contributed by atoms with van der Waals surface area (Å²) in [6.07, 6.45) is 2.74. The molecule has 0 saturated carbocycles. The Morgan fingerprint density at radius 1 is 1.17 bits per heavy atom. The van der Waals surface area contributed by atoms with Crippen molar-refractivity contribution in [1.29, 1.82) is 0 Å². The van der Waals surface area contributed by atoms with Crippen LogP contribution in [0.3, 0.4) is 0 Å². The second-order valence-corrected chi connectivity index (χ2v) is 6.69. The zero-order chi connectivity index (χ0) is 20.4. The predicted octanol–water partition coefficient (Wildman–Crippen LogP) is 4.15. The smallest absolute Gasteiger partial charge is 0.224 e. The van der Waals surface area contributed by atoms with E-state index in [4.69, 9.17) is 16.1 Å². The van der Waals surface area contributed by atoms with E-state index in [-0.39, 0.29) is 29.9 Å². The third-order valence-electron chi connectivity index (χ3n) is 4.26. The fraction of sp³-hybridized carbons (Fsp3) is 0.450. The Kier molecular flexibility index (Phi) is 11.7. The van der Waals surface area contributed by atoms with Crippen molar-refractivity contribution in [3.05, 3.63) is 46.3 Å². The van der Waals surface area contributed by atoms with Gasteiger partial charge in [0.2, 0.25) is 5.91 Å². The lowest BCUT2D eigenvalue weighted by Crippen LogP contribution is -2.37. The number of nitrogens with zero attached hydrogens (tertiary/aromatic N) is 2. The van der Waals surface area contributed by atoms with Gasteiger partial charge in [0.25, 0.3) is 0 Å². The summed E-state index contributed by atoms with van der Waals surface area (Å²) in [5.41, 5.74) is 2.81. The first kappa shape index (κ1) is 25.2. The molecule has 9 heteroatoms. The molecule has 0 radical (unpaired) electrons. The molecule has 29 heavy (non-hydrogen) atoms. The minimum atomic E-state index is -0.0308. The molecular formula is C20H29ClIN5O2. The van der Waals surface area contributed by atoms with Gasteiger partial charge in [-0.05, 0) is 37.1 Å².